The Bertz CT molecular complexity index is 605. The van der Waals surface area contributed by atoms with Gasteiger partial charge in [-0.1, -0.05) is 0 Å². The summed E-state index contributed by atoms with van der Waals surface area (Å²) in [6, 6.07) is 2.75. The first-order chi connectivity index (χ1) is 9.23. The molecule has 0 spiro atoms. The number of carbonyl (C=O) groups excluding carboxylic acids is 4. The van der Waals surface area contributed by atoms with E-state index in [0.29, 0.717) is 0 Å². The van der Waals surface area contributed by atoms with E-state index in [0.717, 1.165) is 0 Å². The monoisotopic (exact) mass is 276 g/mol. The van der Waals surface area contributed by atoms with Gasteiger partial charge in [0, 0.05) is 5.56 Å². The van der Waals surface area contributed by atoms with Crippen molar-refractivity contribution in [3.05, 3.63) is 23.3 Å². The Labute approximate surface area is 116 Å². The molecule has 0 bridgehead atoms. The van der Waals surface area contributed by atoms with Gasteiger partial charge in [-0.25, -0.2) is 0 Å². The molecule has 0 atom stereocenters. The van der Waals surface area contributed by atoms with Crippen LogP contribution in [0.3, 0.4) is 0 Å². The number of carbonyl (C=O) groups is 4. The molecule has 1 rings (SSSR count). The van der Waals surface area contributed by atoms with Gasteiger partial charge < -0.3 is 11.5 Å². The van der Waals surface area contributed by atoms with Gasteiger partial charge in [-0.2, -0.15) is 0 Å². The normalized spacial score (nSPS) is 10.1. The molecule has 20 heavy (non-hydrogen) atoms. The lowest BCUT2D eigenvalue weighted by Gasteiger charge is -2.12. The Kier molecular flexibility index (Phi) is 4.74. The minimum Gasteiger partial charge on any atom is -0.397 e. The fraction of sp³-hybridized carbons (Fsp3) is 0.286. The maximum Gasteiger partial charge on any atom is 0.173 e. The first kappa shape index (κ1) is 15.6. The van der Waals surface area contributed by atoms with Crippen molar-refractivity contribution in [3.8, 4) is 0 Å². The molecule has 6 nitrogen and oxygen atoms in total. The van der Waals surface area contributed by atoms with Gasteiger partial charge in [-0.05, 0) is 26.0 Å². The highest BCUT2D eigenvalue weighted by molar-refractivity contribution is 6.19. The van der Waals surface area contributed by atoms with Crippen molar-refractivity contribution in [1.82, 2.24) is 0 Å². The molecule has 1 aromatic rings. The van der Waals surface area contributed by atoms with E-state index < -0.39 is 11.6 Å². The number of ketones is 4. The van der Waals surface area contributed by atoms with Gasteiger partial charge in [0.2, 0.25) is 0 Å². The molecule has 0 unspecified atom stereocenters. The molecule has 0 saturated carbocycles. The summed E-state index contributed by atoms with van der Waals surface area (Å²) in [5, 5.41) is 0. The molecule has 0 aromatic heterocycles. The van der Waals surface area contributed by atoms with Crippen LogP contribution in [0.5, 0.6) is 0 Å². The van der Waals surface area contributed by atoms with Crippen molar-refractivity contribution in [2.45, 2.75) is 26.7 Å². The third kappa shape index (κ3) is 3.50. The molecule has 0 amide bonds. The molecular formula is C14H16N2O4. The molecule has 0 aliphatic carbocycles. The van der Waals surface area contributed by atoms with E-state index in [4.69, 9.17) is 11.5 Å². The summed E-state index contributed by atoms with van der Waals surface area (Å²) in [4.78, 5) is 46.1. The minimum atomic E-state index is -0.575. The number of Topliss-reactive ketones (excluding diaryl/α,β-unsaturated/α-hetero) is 4. The lowest BCUT2D eigenvalue weighted by Crippen LogP contribution is -2.16. The van der Waals surface area contributed by atoms with E-state index in [9.17, 15) is 19.2 Å². The first-order valence-corrected chi connectivity index (χ1v) is 5.97. The third-order valence-corrected chi connectivity index (χ3v) is 2.68. The lowest BCUT2D eigenvalue weighted by atomic mass is 9.93. The second-order valence-electron chi connectivity index (χ2n) is 4.59. The van der Waals surface area contributed by atoms with Gasteiger partial charge in [-0.15, -0.1) is 0 Å². The third-order valence-electron chi connectivity index (χ3n) is 2.68. The Hall–Kier alpha value is -2.50. The quantitative estimate of drug-likeness (QED) is 0.457. The SMILES string of the molecule is CC(=O)CC(=O)c1ccc(N)c(N)c1C(=O)CC(C)=O. The number of hydrogen-bond donors (Lipinski definition) is 2. The number of benzene rings is 1. The molecule has 6 heteroatoms. The highest BCUT2D eigenvalue weighted by Crippen LogP contribution is 2.26. The van der Waals surface area contributed by atoms with Crippen LogP contribution < -0.4 is 11.5 Å². The van der Waals surface area contributed by atoms with Crippen LogP contribution in [-0.4, -0.2) is 23.1 Å². The molecule has 0 saturated heterocycles. The molecule has 106 valence electrons. The van der Waals surface area contributed by atoms with Gasteiger partial charge in [-0.3, -0.25) is 19.2 Å². The molecular weight excluding hydrogens is 260 g/mol. The zero-order valence-corrected chi connectivity index (χ0v) is 11.4. The first-order valence-electron chi connectivity index (χ1n) is 5.97. The zero-order chi connectivity index (χ0) is 15.4. The second kappa shape index (κ2) is 6.10. The maximum atomic E-state index is 12.0. The lowest BCUT2D eigenvalue weighted by molar-refractivity contribution is -0.117. The fourth-order valence-corrected chi connectivity index (χ4v) is 1.80. The Morgan fingerprint density at radius 3 is 1.90 bits per heavy atom. The van der Waals surface area contributed by atoms with Crippen LogP contribution in [0.2, 0.25) is 0 Å². The van der Waals surface area contributed by atoms with Crippen molar-refractivity contribution < 1.29 is 19.2 Å². The summed E-state index contributed by atoms with van der Waals surface area (Å²) < 4.78 is 0. The van der Waals surface area contributed by atoms with E-state index in [1.165, 1.54) is 26.0 Å². The average Bonchev–Trinajstić information content (AvgIpc) is 2.30. The largest absolute Gasteiger partial charge is 0.397 e. The molecule has 0 aliphatic heterocycles. The van der Waals surface area contributed by atoms with Gasteiger partial charge in [0.05, 0.1) is 29.8 Å². The second-order valence-corrected chi connectivity index (χ2v) is 4.59. The molecule has 0 heterocycles. The Morgan fingerprint density at radius 2 is 1.40 bits per heavy atom. The van der Waals surface area contributed by atoms with Crippen LogP contribution >= 0.6 is 0 Å². The van der Waals surface area contributed by atoms with Crippen LogP contribution in [0.25, 0.3) is 0 Å². The standard InChI is InChI=1S/C14H16N2O4/c1-7(17)5-11(19)9-3-4-10(15)14(16)13(9)12(20)6-8(2)18/h3-4H,5-6,15-16H2,1-2H3. The fourth-order valence-electron chi connectivity index (χ4n) is 1.80. The molecule has 0 radical (unpaired) electrons. The molecule has 1 aromatic carbocycles. The predicted molar refractivity (Wildman–Crippen MR) is 74.5 cm³/mol. The summed E-state index contributed by atoms with van der Waals surface area (Å²) in [7, 11) is 0. The Balaban J connectivity index is 3.34. The van der Waals surface area contributed by atoms with E-state index in [2.05, 4.69) is 0 Å². The van der Waals surface area contributed by atoms with Crippen LogP contribution in [0.4, 0.5) is 11.4 Å². The number of hydrogen-bond acceptors (Lipinski definition) is 6. The summed E-state index contributed by atoms with van der Waals surface area (Å²) >= 11 is 0. The summed E-state index contributed by atoms with van der Waals surface area (Å²) in [5.41, 5.74) is 11.4. The highest BCUT2D eigenvalue weighted by atomic mass is 16.2. The number of nitrogens with two attached hydrogens (primary N) is 2. The van der Waals surface area contributed by atoms with Crippen LogP contribution in [-0.2, 0) is 9.59 Å². The van der Waals surface area contributed by atoms with Gasteiger partial charge in [0.25, 0.3) is 0 Å². The van der Waals surface area contributed by atoms with E-state index in [1.54, 1.807) is 0 Å². The highest BCUT2D eigenvalue weighted by Gasteiger charge is 2.22. The van der Waals surface area contributed by atoms with E-state index in [-0.39, 0.29) is 46.9 Å². The molecule has 0 fully saturated rings. The number of rotatable bonds is 6. The van der Waals surface area contributed by atoms with Crippen molar-refractivity contribution >= 4 is 34.5 Å². The zero-order valence-electron chi connectivity index (χ0n) is 11.4. The number of anilines is 2. The minimum absolute atomic E-state index is 0.0261. The summed E-state index contributed by atoms with van der Waals surface area (Å²) in [6.45, 7) is 2.53. The van der Waals surface area contributed by atoms with Crippen LogP contribution in [0.1, 0.15) is 47.4 Å². The average molecular weight is 276 g/mol. The van der Waals surface area contributed by atoms with Crippen molar-refractivity contribution in [3.63, 3.8) is 0 Å². The number of nitrogen functional groups attached to an aromatic ring is 2. The molecule has 4 N–H and O–H groups in total. The summed E-state index contributed by atoms with van der Waals surface area (Å²) in [5.74, 6) is -1.76. The molecule has 0 aliphatic rings. The van der Waals surface area contributed by atoms with Gasteiger partial charge in [0.1, 0.15) is 11.6 Å². The van der Waals surface area contributed by atoms with Crippen molar-refractivity contribution in [1.29, 1.82) is 0 Å². The predicted octanol–water partition coefficient (Wildman–Crippen LogP) is 1.17. The maximum absolute atomic E-state index is 12.0. The summed E-state index contributed by atoms with van der Waals surface area (Å²) in [6.07, 6.45) is -0.697. The van der Waals surface area contributed by atoms with Crippen LogP contribution in [0, 0.1) is 0 Å². The van der Waals surface area contributed by atoms with Crippen molar-refractivity contribution in [2.75, 3.05) is 11.5 Å². The smallest absolute Gasteiger partial charge is 0.173 e. The van der Waals surface area contributed by atoms with Crippen molar-refractivity contribution in [2.24, 2.45) is 0 Å². The van der Waals surface area contributed by atoms with Gasteiger partial charge in [0.15, 0.2) is 11.6 Å². The van der Waals surface area contributed by atoms with Crippen LogP contribution in [0.15, 0.2) is 12.1 Å². The Morgan fingerprint density at radius 1 is 0.900 bits per heavy atom. The topological polar surface area (TPSA) is 120 Å². The van der Waals surface area contributed by atoms with E-state index in [1.807, 2.05) is 0 Å². The van der Waals surface area contributed by atoms with E-state index >= 15 is 0 Å². The van der Waals surface area contributed by atoms with Gasteiger partial charge >= 0.3 is 0 Å².